The molecule has 0 N–H and O–H groups in total. The highest BCUT2D eigenvalue weighted by Gasteiger charge is 2.35. The summed E-state index contributed by atoms with van der Waals surface area (Å²) in [6, 6.07) is 18.6. The van der Waals surface area contributed by atoms with Crippen LogP contribution in [0, 0.1) is 5.92 Å². The summed E-state index contributed by atoms with van der Waals surface area (Å²) >= 11 is 0. The number of hydrogen-bond donors (Lipinski definition) is 0. The summed E-state index contributed by atoms with van der Waals surface area (Å²) in [7, 11) is 0. The molecule has 2 aromatic carbocycles. The normalized spacial score (nSPS) is 21.7. The Morgan fingerprint density at radius 1 is 1.10 bits per heavy atom. The lowest BCUT2D eigenvalue weighted by Gasteiger charge is -2.25. The Morgan fingerprint density at radius 2 is 1.90 bits per heavy atom. The van der Waals surface area contributed by atoms with Crippen LogP contribution in [0.5, 0.6) is 0 Å². The lowest BCUT2D eigenvalue weighted by atomic mass is 9.94. The predicted octanol–water partition coefficient (Wildman–Crippen LogP) is 3.55. The molecule has 0 saturated carbocycles. The molecule has 2 fully saturated rings. The fraction of sp³-hybridized carbons (Fsp3) is 0.385. The van der Waals surface area contributed by atoms with Crippen molar-refractivity contribution in [2.45, 2.75) is 25.4 Å². The number of carbonyl (C=O) groups is 2. The zero-order valence-electron chi connectivity index (χ0n) is 17.9. The van der Waals surface area contributed by atoms with E-state index in [0.29, 0.717) is 39.2 Å². The lowest BCUT2D eigenvalue weighted by Crippen LogP contribution is -2.42. The molecule has 2 atom stereocenters. The first-order chi connectivity index (χ1) is 15.2. The first-order valence-corrected chi connectivity index (χ1v) is 11.1. The van der Waals surface area contributed by atoms with Gasteiger partial charge in [-0.05, 0) is 36.0 Å². The number of benzene rings is 2. The van der Waals surface area contributed by atoms with Crippen molar-refractivity contribution in [1.82, 2.24) is 9.80 Å². The molecule has 4 rings (SSSR count). The van der Waals surface area contributed by atoms with Gasteiger partial charge >= 0.3 is 0 Å². The molecule has 162 valence electrons. The quantitative estimate of drug-likeness (QED) is 0.674. The van der Waals surface area contributed by atoms with Crippen molar-refractivity contribution in [1.29, 1.82) is 0 Å². The summed E-state index contributed by atoms with van der Waals surface area (Å²) in [6.45, 7) is 6.44. The van der Waals surface area contributed by atoms with Gasteiger partial charge in [0.15, 0.2) is 0 Å². The maximum Gasteiger partial charge on any atom is 0.251 e. The lowest BCUT2D eigenvalue weighted by molar-refractivity contribution is -0.141. The third-order valence-corrected chi connectivity index (χ3v) is 6.12. The van der Waals surface area contributed by atoms with Crippen molar-refractivity contribution in [3.8, 4) is 11.1 Å². The molecular weight excluding hydrogens is 388 g/mol. The van der Waals surface area contributed by atoms with Gasteiger partial charge in [0.2, 0.25) is 5.91 Å². The van der Waals surface area contributed by atoms with E-state index in [1.807, 2.05) is 34.1 Å². The van der Waals surface area contributed by atoms with Crippen LogP contribution in [-0.4, -0.2) is 60.5 Å². The summed E-state index contributed by atoms with van der Waals surface area (Å²) in [5, 5.41) is 0. The van der Waals surface area contributed by atoms with Gasteiger partial charge in [-0.1, -0.05) is 60.7 Å². The van der Waals surface area contributed by atoms with Crippen LogP contribution in [0.1, 0.15) is 18.4 Å². The van der Waals surface area contributed by atoms with Gasteiger partial charge < -0.3 is 14.5 Å². The van der Waals surface area contributed by atoms with E-state index >= 15 is 0 Å². The van der Waals surface area contributed by atoms with E-state index < -0.39 is 0 Å². The van der Waals surface area contributed by atoms with E-state index in [2.05, 4.69) is 36.9 Å². The van der Waals surface area contributed by atoms with E-state index in [0.717, 1.165) is 29.5 Å². The molecule has 2 heterocycles. The van der Waals surface area contributed by atoms with Crippen LogP contribution in [0.15, 0.2) is 67.3 Å². The van der Waals surface area contributed by atoms with Crippen LogP contribution in [-0.2, 0) is 20.7 Å². The van der Waals surface area contributed by atoms with Crippen LogP contribution in [0.2, 0.25) is 0 Å². The maximum absolute atomic E-state index is 13.3. The van der Waals surface area contributed by atoms with Crippen molar-refractivity contribution < 1.29 is 14.3 Å². The van der Waals surface area contributed by atoms with Crippen molar-refractivity contribution in [3.05, 3.63) is 72.8 Å². The van der Waals surface area contributed by atoms with Crippen LogP contribution in [0.25, 0.3) is 11.1 Å². The second kappa shape index (κ2) is 9.92. The standard InChI is InChI=1S/C26H30N2O3/c1-2-13-27-14-15-28(26(30)24-12-7-16-31-24)19-23(25(27)29)18-20-8-6-11-22(17-20)21-9-4-3-5-10-21/h2-6,8-11,17,23-24H,1,7,12-16,18-19H2/t23-,24-/m1/s1. The van der Waals surface area contributed by atoms with Crippen LogP contribution in [0.3, 0.4) is 0 Å². The Labute approximate surface area is 184 Å². The minimum Gasteiger partial charge on any atom is -0.368 e. The highest BCUT2D eigenvalue weighted by molar-refractivity contribution is 5.84. The first-order valence-electron chi connectivity index (χ1n) is 11.1. The van der Waals surface area contributed by atoms with Crippen molar-refractivity contribution in [3.63, 3.8) is 0 Å². The average Bonchev–Trinajstić information content (AvgIpc) is 3.30. The molecule has 0 bridgehead atoms. The Hall–Kier alpha value is -2.92. The zero-order chi connectivity index (χ0) is 21.6. The molecule has 0 spiro atoms. The Morgan fingerprint density at radius 3 is 2.65 bits per heavy atom. The first kappa shape index (κ1) is 21.3. The molecule has 2 aromatic rings. The van der Waals surface area contributed by atoms with Crippen molar-refractivity contribution >= 4 is 11.8 Å². The molecule has 0 radical (unpaired) electrons. The summed E-state index contributed by atoms with van der Waals surface area (Å²) < 4.78 is 5.62. The molecule has 2 amide bonds. The van der Waals surface area contributed by atoms with Crippen molar-refractivity contribution in [2.75, 3.05) is 32.8 Å². The van der Waals surface area contributed by atoms with E-state index in [-0.39, 0.29) is 23.8 Å². The average molecular weight is 419 g/mol. The second-order valence-electron chi connectivity index (χ2n) is 8.33. The number of ether oxygens (including phenoxy) is 1. The number of amides is 2. The fourth-order valence-electron chi connectivity index (χ4n) is 4.50. The number of rotatable bonds is 6. The summed E-state index contributed by atoms with van der Waals surface area (Å²) in [4.78, 5) is 30.0. The number of hydrogen-bond acceptors (Lipinski definition) is 3. The predicted molar refractivity (Wildman–Crippen MR) is 121 cm³/mol. The highest BCUT2D eigenvalue weighted by Crippen LogP contribution is 2.24. The molecule has 0 unspecified atom stereocenters. The van der Waals surface area contributed by atoms with Gasteiger partial charge in [0, 0.05) is 32.8 Å². The molecule has 2 aliphatic heterocycles. The molecule has 0 aromatic heterocycles. The van der Waals surface area contributed by atoms with E-state index in [1.165, 1.54) is 0 Å². The summed E-state index contributed by atoms with van der Waals surface area (Å²) in [5.41, 5.74) is 3.39. The zero-order valence-corrected chi connectivity index (χ0v) is 17.9. The molecule has 0 aliphatic carbocycles. The molecule has 5 nitrogen and oxygen atoms in total. The third kappa shape index (κ3) is 5.05. The smallest absolute Gasteiger partial charge is 0.251 e. The van der Waals surface area contributed by atoms with E-state index in [4.69, 9.17) is 4.74 Å². The van der Waals surface area contributed by atoms with Crippen LogP contribution >= 0.6 is 0 Å². The Kier molecular flexibility index (Phi) is 6.82. The molecule has 2 aliphatic rings. The van der Waals surface area contributed by atoms with Gasteiger partial charge in [-0.2, -0.15) is 0 Å². The largest absolute Gasteiger partial charge is 0.368 e. The Bertz CT molecular complexity index is 921. The molecule has 2 saturated heterocycles. The minimum atomic E-state index is -0.358. The second-order valence-corrected chi connectivity index (χ2v) is 8.33. The SMILES string of the molecule is C=CCN1CCN(C(=O)[C@H]2CCCO2)C[C@@H](Cc2cccc(-c3ccccc3)c2)C1=O. The summed E-state index contributed by atoms with van der Waals surface area (Å²) in [6.07, 6.45) is 3.68. The van der Waals surface area contributed by atoms with E-state index in [1.54, 1.807) is 6.08 Å². The third-order valence-electron chi connectivity index (χ3n) is 6.12. The van der Waals surface area contributed by atoms with Gasteiger partial charge in [-0.25, -0.2) is 0 Å². The molecule has 5 heteroatoms. The number of carbonyl (C=O) groups excluding carboxylic acids is 2. The van der Waals surface area contributed by atoms with Crippen molar-refractivity contribution in [2.24, 2.45) is 5.92 Å². The monoisotopic (exact) mass is 418 g/mol. The Balaban J connectivity index is 1.55. The van der Waals surface area contributed by atoms with Gasteiger partial charge in [0.1, 0.15) is 6.10 Å². The minimum absolute atomic E-state index is 0.0220. The van der Waals surface area contributed by atoms with Gasteiger partial charge in [-0.3, -0.25) is 9.59 Å². The maximum atomic E-state index is 13.3. The van der Waals surface area contributed by atoms with Crippen LogP contribution < -0.4 is 0 Å². The number of nitrogens with zero attached hydrogens (tertiary/aromatic N) is 2. The summed E-state index contributed by atoms with van der Waals surface area (Å²) in [5.74, 6) is -0.166. The fourth-order valence-corrected chi connectivity index (χ4v) is 4.50. The molecule has 31 heavy (non-hydrogen) atoms. The van der Waals surface area contributed by atoms with Gasteiger partial charge in [0.05, 0.1) is 5.92 Å². The topological polar surface area (TPSA) is 49.9 Å². The van der Waals surface area contributed by atoms with Gasteiger partial charge in [-0.15, -0.1) is 6.58 Å². The van der Waals surface area contributed by atoms with Crippen LogP contribution in [0.4, 0.5) is 0 Å². The molecular formula is C26H30N2O3. The highest BCUT2D eigenvalue weighted by atomic mass is 16.5. The van der Waals surface area contributed by atoms with E-state index in [9.17, 15) is 9.59 Å². The van der Waals surface area contributed by atoms with Gasteiger partial charge in [0.25, 0.3) is 5.91 Å².